The quantitative estimate of drug-likeness (QED) is 0.515. The van der Waals surface area contributed by atoms with Crippen molar-refractivity contribution >= 4 is 34.0 Å². The van der Waals surface area contributed by atoms with Gasteiger partial charge in [-0.05, 0) is 59.0 Å². The Kier molecular flexibility index (Phi) is 5.60. The fraction of sp³-hybridized carbons (Fsp3) is 0.263. The summed E-state index contributed by atoms with van der Waals surface area (Å²) in [4.78, 5) is 0. The molecular weight excluding hydrogens is 278 g/mol. The maximum absolute atomic E-state index is 5.59. The summed E-state index contributed by atoms with van der Waals surface area (Å²) in [6, 6.07) is 19.7. The zero-order chi connectivity index (χ0) is 13.8. The first-order valence-electron chi connectivity index (χ1n) is 7.49. The van der Waals surface area contributed by atoms with Crippen LogP contribution in [0.4, 0.5) is 0 Å². The van der Waals surface area contributed by atoms with Crippen LogP contribution in [0.5, 0.6) is 0 Å². The lowest BCUT2D eigenvalue weighted by Gasteiger charge is -2.11. The van der Waals surface area contributed by atoms with E-state index in [1.165, 1.54) is 39.9 Å². The molecule has 3 rings (SSSR count). The number of hydrogen-bond acceptors (Lipinski definition) is 1. The standard InChI is InChI=1S/C19H21N.ClH/c20-13-7-1-2-12-19-17-10-5-3-8-15(17)14-16-9-4-6-11-18(16)19;/h3-6,8-11,14H,1-2,7,12-13,20H2;1H. The Morgan fingerprint density at radius 3 is 1.86 bits per heavy atom. The molecule has 0 atom stereocenters. The van der Waals surface area contributed by atoms with Crippen LogP contribution in [-0.2, 0) is 6.42 Å². The summed E-state index contributed by atoms with van der Waals surface area (Å²) in [5, 5.41) is 5.50. The summed E-state index contributed by atoms with van der Waals surface area (Å²) in [5.74, 6) is 0. The van der Waals surface area contributed by atoms with Crippen molar-refractivity contribution in [2.75, 3.05) is 6.54 Å². The van der Waals surface area contributed by atoms with Crippen molar-refractivity contribution in [3.63, 3.8) is 0 Å². The highest BCUT2D eigenvalue weighted by Gasteiger charge is 2.06. The number of halogens is 1. The molecule has 1 nitrogen and oxygen atoms in total. The van der Waals surface area contributed by atoms with Crippen molar-refractivity contribution in [1.29, 1.82) is 0 Å². The second-order valence-corrected chi connectivity index (χ2v) is 5.40. The van der Waals surface area contributed by atoms with Gasteiger partial charge < -0.3 is 5.73 Å². The van der Waals surface area contributed by atoms with Crippen molar-refractivity contribution in [3.8, 4) is 0 Å². The zero-order valence-electron chi connectivity index (χ0n) is 12.2. The van der Waals surface area contributed by atoms with Crippen LogP contribution >= 0.6 is 12.4 Å². The van der Waals surface area contributed by atoms with Gasteiger partial charge in [-0.2, -0.15) is 0 Å². The largest absolute Gasteiger partial charge is 0.330 e. The minimum Gasteiger partial charge on any atom is -0.330 e. The maximum Gasteiger partial charge on any atom is -0.00773 e. The second-order valence-electron chi connectivity index (χ2n) is 5.40. The molecule has 0 aliphatic heterocycles. The average molecular weight is 300 g/mol. The normalized spacial score (nSPS) is 10.7. The molecule has 110 valence electrons. The maximum atomic E-state index is 5.59. The molecule has 0 unspecified atom stereocenters. The monoisotopic (exact) mass is 299 g/mol. The lowest BCUT2D eigenvalue weighted by molar-refractivity contribution is 0.690. The summed E-state index contributed by atoms with van der Waals surface area (Å²) in [6.07, 6.45) is 4.70. The topological polar surface area (TPSA) is 26.0 Å². The Balaban J connectivity index is 0.00000161. The van der Waals surface area contributed by atoms with Gasteiger partial charge in [0.15, 0.2) is 0 Å². The van der Waals surface area contributed by atoms with Crippen molar-refractivity contribution in [1.82, 2.24) is 0 Å². The molecule has 0 saturated carbocycles. The Labute approximate surface area is 132 Å². The predicted molar refractivity (Wildman–Crippen MR) is 95.3 cm³/mol. The summed E-state index contributed by atoms with van der Waals surface area (Å²) in [7, 11) is 0. The van der Waals surface area contributed by atoms with E-state index in [0.29, 0.717) is 0 Å². The number of rotatable bonds is 5. The summed E-state index contributed by atoms with van der Waals surface area (Å²) in [6.45, 7) is 0.802. The molecule has 0 heterocycles. The molecule has 2 N–H and O–H groups in total. The van der Waals surface area contributed by atoms with Gasteiger partial charge in [0.1, 0.15) is 0 Å². The van der Waals surface area contributed by atoms with E-state index >= 15 is 0 Å². The van der Waals surface area contributed by atoms with Gasteiger partial charge in [0, 0.05) is 0 Å². The summed E-state index contributed by atoms with van der Waals surface area (Å²) < 4.78 is 0. The predicted octanol–water partition coefficient (Wildman–Crippen LogP) is 5.09. The molecule has 0 radical (unpaired) electrons. The Bertz CT molecular complexity index is 667. The van der Waals surface area contributed by atoms with Crippen LogP contribution in [0, 0.1) is 0 Å². The number of aryl methyl sites for hydroxylation is 1. The van der Waals surface area contributed by atoms with Gasteiger partial charge in [-0.15, -0.1) is 12.4 Å². The van der Waals surface area contributed by atoms with Crippen LogP contribution in [0.3, 0.4) is 0 Å². The highest BCUT2D eigenvalue weighted by atomic mass is 35.5. The molecule has 2 heteroatoms. The molecule has 21 heavy (non-hydrogen) atoms. The molecule has 0 amide bonds. The summed E-state index contributed by atoms with van der Waals surface area (Å²) in [5.41, 5.74) is 7.09. The van der Waals surface area contributed by atoms with Gasteiger partial charge in [-0.3, -0.25) is 0 Å². The molecular formula is C19H22ClN. The third kappa shape index (κ3) is 3.37. The van der Waals surface area contributed by atoms with Gasteiger partial charge in [0.2, 0.25) is 0 Å². The molecule has 0 aromatic heterocycles. The number of fused-ring (bicyclic) bond motifs is 2. The fourth-order valence-corrected chi connectivity index (χ4v) is 3.00. The Morgan fingerprint density at radius 1 is 0.714 bits per heavy atom. The highest BCUT2D eigenvalue weighted by molar-refractivity contribution is 6.02. The number of hydrogen-bond donors (Lipinski definition) is 1. The van der Waals surface area contributed by atoms with Crippen LogP contribution in [0.1, 0.15) is 24.8 Å². The van der Waals surface area contributed by atoms with Gasteiger partial charge >= 0.3 is 0 Å². The first-order chi connectivity index (χ1) is 9.90. The van der Waals surface area contributed by atoms with Gasteiger partial charge in [0.05, 0.1) is 0 Å². The molecule has 0 bridgehead atoms. The van der Waals surface area contributed by atoms with E-state index in [9.17, 15) is 0 Å². The molecule has 3 aromatic carbocycles. The molecule has 0 saturated heterocycles. The van der Waals surface area contributed by atoms with E-state index in [2.05, 4.69) is 54.6 Å². The minimum atomic E-state index is 0. The van der Waals surface area contributed by atoms with Crippen LogP contribution in [0.15, 0.2) is 54.6 Å². The lowest BCUT2D eigenvalue weighted by atomic mass is 9.93. The summed E-state index contributed by atoms with van der Waals surface area (Å²) >= 11 is 0. The first kappa shape index (κ1) is 15.8. The number of nitrogens with two attached hydrogens (primary N) is 1. The van der Waals surface area contributed by atoms with E-state index < -0.39 is 0 Å². The van der Waals surface area contributed by atoms with E-state index in [0.717, 1.165) is 19.4 Å². The second kappa shape index (κ2) is 7.44. The van der Waals surface area contributed by atoms with E-state index in [1.54, 1.807) is 0 Å². The van der Waals surface area contributed by atoms with Crippen LogP contribution in [0.25, 0.3) is 21.5 Å². The van der Waals surface area contributed by atoms with Crippen molar-refractivity contribution < 1.29 is 0 Å². The smallest absolute Gasteiger partial charge is 0.00773 e. The lowest BCUT2D eigenvalue weighted by Crippen LogP contribution is -1.98. The van der Waals surface area contributed by atoms with Crippen LogP contribution in [-0.4, -0.2) is 6.54 Å². The van der Waals surface area contributed by atoms with Crippen molar-refractivity contribution in [2.45, 2.75) is 25.7 Å². The third-order valence-electron chi connectivity index (χ3n) is 4.01. The SMILES string of the molecule is Cl.NCCCCCc1c2ccccc2cc2ccccc12. The minimum absolute atomic E-state index is 0. The fourth-order valence-electron chi connectivity index (χ4n) is 3.00. The van der Waals surface area contributed by atoms with E-state index in [1.807, 2.05) is 0 Å². The third-order valence-corrected chi connectivity index (χ3v) is 4.01. The molecule has 0 fully saturated rings. The van der Waals surface area contributed by atoms with Crippen LogP contribution < -0.4 is 5.73 Å². The van der Waals surface area contributed by atoms with Crippen molar-refractivity contribution in [3.05, 3.63) is 60.2 Å². The number of benzene rings is 3. The van der Waals surface area contributed by atoms with Gasteiger partial charge in [-0.25, -0.2) is 0 Å². The Hall–Kier alpha value is -1.57. The molecule has 0 spiro atoms. The van der Waals surface area contributed by atoms with Crippen molar-refractivity contribution in [2.24, 2.45) is 5.73 Å². The highest BCUT2D eigenvalue weighted by Crippen LogP contribution is 2.29. The first-order valence-corrected chi connectivity index (χ1v) is 7.49. The van der Waals surface area contributed by atoms with Gasteiger partial charge in [0.25, 0.3) is 0 Å². The van der Waals surface area contributed by atoms with E-state index in [-0.39, 0.29) is 12.4 Å². The Morgan fingerprint density at radius 2 is 1.29 bits per heavy atom. The van der Waals surface area contributed by atoms with E-state index in [4.69, 9.17) is 5.73 Å². The van der Waals surface area contributed by atoms with Gasteiger partial charge in [-0.1, -0.05) is 55.0 Å². The molecule has 0 aliphatic rings. The zero-order valence-corrected chi connectivity index (χ0v) is 13.0. The average Bonchev–Trinajstić information content (AvgIpc) is 2.50. The molecule has 3 aromatic rings. The molecule has 0 aliphatic carbocycles. The van der Waals surface area contributed by atoms with Crippen LogP contribution in [0.2, 0.25) is 0 Å². The number of unbranched alkanes of at least 4 members (excludes halogenated alkanes) is 2.